The van der Waals surface area contributed by atoms with Crippen molar-refractivity contribution in [2.75, 3.05) is 5.32 Å². The van der Waals surface area contributed by atoms with Crippen molar-refractivity contribution in [2.45, 2.75) is 13.0 Å². The molecule has 1 amide bonds. The maximum absolute atomic E-state index is 11.9. The van der Waals surface area contributed by atoms with Crippen LogP contribution in [0.2, 0.25) is 0 Å². The van der Waals surface area contributed by atoms with Crippen LogP contribution < -0.4 is 10.1 Å². The van der Waals surface area contributed by atoms with Crippen LogP contribution in [-0.4, -0.2) is 15.9 Å². The molecule has 1 aromatic heterocycles. The van der Waals surface area contributed by atoms with Crippen molar-refractivity contribution in [1.29, 1.82) is 0 Å². The quantitative estimate of drug-likeness (QED) is 0.735. The third-order valence-corrected chi connectivity index (χ3v) is 3.29. The number of imidazole rings is 1. The highest BCUT2D eigenvalue weighted by Gasteiger charge is 2.05. The SMILES string of the molecule is O=C(Cc1cnc[nH]1)Nc1ccc(OCc2ccccc2)cc1. The Hall–Kier alpha value is -3.08. The van der Waals surface area contributed by atoms with Gasteiger partial charge in [0.2, 0.25) is 5.91 Å². The number of hydrogen-bond donors (Lipinski definition) is 2. The minimum absolute atomic E-state index is 0.0906. The summed E-state index contributed by atoms with van der Waals surface area (Å²) in [4.78, 5) is 18.7. The molecule has 0 radical (unpaired) electrons. The van der Waals surface area contributed by atoms with Crippen LogP contribution in [0, 0.1) is 0 Å². The molecule has 0 atom stereocenters. The second kappa shape index (κ2) is 7.26. The van der Waals surface area contributed by atoms with Gasteiger partial charge < -0.3 is 15.0 Å². The first-order chi connectivity index (χ1) is 11.3. The summed E-state index contributed by atoms with van der Waals surface area (Å²) in [5.74, 6) is 0.674. The van der Waals surface area contributed by atoms with Gasteiger partial charge in [-0.15, -0.1) is 0 Å². The number of carbonyl (C=O) groups excluding carboxylic acids is 1. The normalized spacial score (nSPS) is 10.3. The first-order valence-electron chi connectivity index (χ1n) is 7.33. The van der Waals surface area contributed by atoms with Crippen molar-refractivity contribution >= 4 is 11.6 Å². The minimum Gasteiger partial charge on any atom is -0.489 e. The van der Waals surface area contributed by atoms with E-state index in [0.717, 1.165) is 22.7 Å². The number of hydrogen-bond acceptors (Lipinski definition) is 3. The molecule has 0 aliphatic rings. The number of aromatic amines is 1. The summed E-state index contributed by atoms with van der Waals surface area (Å²) in [7, 11) is 0. The summed E-state index contributed by atoms with van der Waals surface area (Å²) in [5.41, 5.74) is 2.64. The number of ether oxygens (including phenoxy) is 1. The molecule has 5 nitrogen and oxygen atoms in total. The van der Waals surface area contributed by atoms with Crippen LogP contribution in [0.5, 0.6) is 5.75 Å². The topological polar surface area (TPSA) is 67.0 Å². The molecule has 0 saturated carbocycles. The predicted molar refractivity (Wildman–Crippen MR) is 88.1 cm³/mol. The molecule has 23 heavy (non-hydrogen) atoms. The monoisotopic (exact) mass is 307 g/mol. The fourth-order valence-electron chi connectivity index (χ4n) is 2.13. The number of rotatable bonds is 6. The maximum atomic E-state index is 11.9. The van der Waals surface area contributed by atoms with Crippen LogP contribution in [0.3, 0.4) is 0 Å². The van der Waals surface area contributed by atoms with Crippen LogP contribution >= 0.6 is 0 Å². The van der Waals surface area contributed by atoms with Crippen molar-refractivity contribution in [3.05, 3.63) is 78.4 Å². The Labute approximate surface area is 134 Å². The van der Waals surface area contributed by atoms with E-state index >= 15 is 0 Å². The standard InChI is InChI=1S/C18H17N3O2/c22-18(10-16-11-19-13-20-16)21-15-6-8-17(9-7-15)23-12-14-4-2-1-3-5-14/h1-9,11,13H,10,12H2,(H,19,20)(H,21,22). The van der Waals surface area contributed by atoms with Gasteiger partial charge in [-0.1, -0.05) is 30.3 Å². The number of anilines is 1. The zero-order chi connectivity index (χ0) is 15.9. The van der Waals surface area contributed by atoms with Crippen molar-refractivity contribution in [3.63, 3.8) is 0 Å². The molecule has 3 aromatic rings. The first kappa shape index (κ1) is 14.8. The second-order valence-corrected chi connectivity index (χ2v) is 5.10. The van der Waals surface area contributed by atoms with Gasteiger partial charge in [-0.25, -0.2) is 4.98 Å². The van der Waals surface area contributed by atoms with Gasteiger partial charge in [-0.3, -0.25) is 4.79 Å². The summed E-state index contributed by atoms with van der Waals surface area (Å²) in [5, 5.41) is 2.84. The van der Waals surface area contributed by atoms with Crippen LogP contribution in [0.1, 0.15) is 11.3 Å². The van der Waals surface area contributed by atoms with E-state index in [1.54, 1.807) is 12.5 Å². The maximum Gasteiger partial charge on any atom is 0.230 e. The number of nitrogens with zero attached hydrogens (tertiary/aromatic N) is 1. The lowest BCUT2D eigenvalue weighted by Crippen LogP contribution is -2.14. The van der Waals surface area contributed by atoms with Gasteiger partial charge >= 0.3 is 0 Å². The van der Waals surface area contributed by atoms with E-state index in [-0.39, 0.29) is 12.3 Å². The van der Waals surface area contributed by atoms with Gasteiger partial charge in [0.15, 0.2) is 0 Å². The van der Waals surface area contributed by atoms with E-state index in [0.29, 0.717) is 6.61 Å². The van der Waals surface area contributed by atoms with Crippen LogP contribution in [0.15, 0.2) is 67.1 Å². The van der Waals surface area contributed by atoms with Gasteiger partial charge in [-0.05, 0) is 29.8 Å². The lowest BCUT2D eigenvalue weighted by molar-refractivity contribution is -0.115. The van der Waals surface area contributed by atoms with Crippen LogP contribution in [0.25, 0.3) is 0 Å². The smallest absolute Gasteiger partial charge is 0.230 e. The zero-order valence-electron chi connectivity index (χ0n) is 12.5. The highest BCUT2D eigenvalue weighted by molar-refractivity contribution is 5.92. The van der Waals surface area contributed by atoms with Crippen molar-refractivity contribution < 1.29 is 9.53 Å². The molecule has 116 valence electrons. The number of nitrogens with one attached hydrogen (secondary N) is 2. The summed E-state index contributed by atoms with van der Waals surface area (Å²) in [6.45, 7) is 0.520. The predicted octanol–water partition coefficient (Wildman–Crippen LogP) is 3.17. The van der Waals surface area contributed by atoms with Crippen molar-refractivity contribution in [3.8, 4) is 5.75 Å². The molecule has 3 rings (SSSR count). The van der Waals surface area contributed by atoms with E-state index < -0.39 is 0 Å². The highest BCUT2D eigenvalue weighted by Crippen LogP contribution is 2.17. The molecular formula is C18H17N3O2. The Morgan fingerprint density at radius 2 is 1.87 bits per heavy atom. The van der Waals surface area contributed by atoms with Gasteiger partial charge in [-0.2, -0.15) is 0 Å². The highest BCUT2D eigenvalue weighted by atomic mass is 16.5. The van der Waals surface area contributed by atoms with E-state index in [1.807, 2.05) is 54.6 Å². The molecule has 0 spiro atoms. The Bertz CT molecular complexity index is 738. The van der Waals surface area contributed by atoms with E-state index in [2.05, 4.69) is 15.3 Å². The lowest BCUT2D eigenvalue weighted by atomic mass is 10.2. The molecule has 2 aromatic carbocycles. The molecule has 0 saturated heterocycles. The second-order valence-electron chi connectivity index (χ2n) is 5.10. The third kappa shape index (κ3) is 4.44. The lowest BCUT2D eigenvalue weighted by Gasteiger charge is -2.08. The fourth-order valence-corrected chi connectivity index (χ4v) is 2.13. The average Bonchev–Trinajstić information content (AvgIpc) is 3.08. The summed E-state index contributed by atoms with van der Waals surface area (Å²) in [6.07, 6.45) is 3.47. The largest absolute Gasteiger partial charge is 0.489 e. The number of aromatic nitrogens is 2. The first-order valence-corrected chi connectivity index (χ1v) is 7.33. The molecule has 0 aliphatic carbocycles. The Balaban J connectivity index is 1.51. The molecular weight excluding hydrogens is 290 g/mol. The zero-order valence-corrected chi connectivity index (χ0v) is 12.5. The molecule has 1 heterocycles. The summed E-state index contributed by atoms with van der Waals surface area (Å²) in [6, 6.07) is 17.3. The molecule has 0 fully saturated rings. The van der Waals surface area contributed by atoms with Gasteiger partial charge in [0.05, 0.1) is 12.7 Å². The summed E-state index contributed by atoms with van der Waals surface area (Å²) < 4.78 is 5.71. The Morgan fingerprint density at radius 3 is 2.57 bits per heavy atom. The number of carbonyl (C=O) groups is 1. The third-order valence-electron chi connectivity index (χ3n) is 3.29. The minimum atomic E-state index is -0.0906. The molecule has 0 aliphatic heterocycles. The van der Waals surface area contributed by atoms with Gasteiger partial charge in [0.1, 0.15) is 12.4 Å². The molecule has 0 bridgehead atoms. The van der Waals surface area contributed by atoms with Crippen LogP contribution in [0.4, 0.5) is 5.69 Å². The molecule has 0 unspecified atom stereocenters. The van der Waals surface area contributed by atoms with E-state index in [4.69, 9.17) is 4.74 Å². The van der Waals surface area contributed by atoms with Crippen LogP contribution in [-0.2, 0) is 17.8 Å². The van der Waals surface area contributed by atoms with Gasteiger partial charge in [0.25, 0.3) is 0 Å². The number of amides is 1. The summed E-state index contributed by atoms with van der Waals surface area (Å²) >= 11 is 0. The number of H-pyrrole nitrogens is 1. The molecule has 5 heteroatoms. The Kier molecular flexibility index (Phi) is 4.69. The fraction of sp³-hybridized carbons (Fsp3) is 0.111. The average molecular weight is 307 g/mol. The van der Waals surface area contributed by atoms with Gasteiger partial charge in [0, 0.05) is 17.6 Å². The number of benzene rings is 2. The Morgan fingerprint density at radius 1 is 1.09 bits per heavy atom. The molecule has 2 N–H and O–H groups in total. The van der Waals surface area contributed by atoms with Crippen molar-refractivity contribution in [2.24, 2.45) is 0 Å². The van der Waals surface area contributed by atoms with E-state index in [1.165, 1.54) is 0 Å². The van der Waals surface area contributed by atoms with Crippen molar-refractivity contribution in [1.82, 2.24) is 9.97 Å². The van der Waals surface area contributed by atoms with E-state index in [9.17, 15) is 4.79 Å².